The summed E-state index contributed by atoms with van der Waals surface area (Å²) in [6.45, 7) is 0. The summed E-state index contributed by atoms with van der Waals surface area (Å²) in [5.41, 5.74) is 4.48. The lowest BCUT2D eigenvalue weighted by atomic mass is 10.0. The summed E-state index contributed by atoms with van der Waals surface area (Å²) in [6.07, 6.45) is 1.84. The van der Waals surface area contributed by atoms with Gasteiger partial charge in [-0.25, -0.2) is 0 Å². The van der Waals surface area contributed by atoms with Gasteiger partial charge in [0.05, 0.1) is 5.69 Å². The molecule has 0 amide bonds. The van der Waals surface area contributed by atoms with Crippen LogP contribution in [0.3, 0.4) is 0 Å². The van der Waals surface area contributed by atoms with Crippen molar-refractivity contribution >= 4 is 53.3 Å². The zero-order valence-electron chi connectivity index (χ0n) is 13.9. The largest absolute Gasteiger partial charge is 0.354 e. The van der Waals surface area contributed by atoms with E-state index in [0.717, 1.165) is 16.8 Å². The van der Waals surface area contributed by atoms with Crippen molar-refractivity contribution in [3.8, 4) is 11.3 Å². The van der Waals surface area contributed by atoms with Crippen LogP contribution >= 0.6 is 11.3 Å². The van der Waals surface area contributed by atoms with E-state index in [1.54, 1.807) is 0 Å². The van der Waals surface area contributed by atoms with Gasteiger partial charge in [-0.05, 0) is 36.4 Å². The van der Waals surface area contributed by atoms with E-state index in [2.05, 4.69) is 70.6 Å². The number of hydrogen-bond acceptors (Lipinski definition) is 2. The van der Waals surface area contributed by atoms with Crippen molar-refractivity contribution in [1.82, 2.24) is 9.97 Å². The standard InChI is InChI=1S/C23H14N2S/c1-2-7-20-16(5-1)23-21(26-20)11-10-18-22(23)15-9-8-14(13-19(15)25-18)17-6-3-4-12-24-17/h1-13,25H. The predicted molar refractivity (Wildman–Crippen MR) is 112 cm³/mol. The number of aromatic nitrogens is 2. The van der Waals surface area contributed by atoms with Crippen LogP contribution in [0, 0.1) is 0 Å². The number of fused-ring (bicyclic) bond motifs is 7. The molecule has 26 heavy (non-hydrogen) atoms. The molecular formula is C23H14N2S. The Bertz CT molecular complexity index is 1420. The van der Waals surface area contributed by atoms with Crippen LogP contribution in [0.5, 0.6) is 0 Å². The SMILES string of the molecule is c1ccc(-c2ccc3c(c2)[nH]c2ccc4sc5ccccc5c4c23)nc1. The summed E-state index contributed by atoms with van der Waals surface area (Å²) >= 11 is 1.86. The average molecular weight is 350 g/mol. The number of benzene rings is 3. The number of thiophene rings is 1. The van der Waals surface area contributed by atoms with E-state index in [1.807, 2.05) is 29.7 Å². The van der Waals surface area contributed by atoms with Gasteiger partial charge in [-0.2, -0.15) is 0 Å². The topological polar surface area (TPSA) is 28.7 Å². The first kappa shape index (κ1) is 14.0. The van der Waals surface area contributed by atoms with Crippen molar-refractivity contribution < 1.29 is 0 Å². The third-order valence-electron chi connectivity index (χ3n) is 5.06. The van der Waals surface area contributed by atoms with Crippen molar-refractivity contribution in [3.63, 3.8) is 0 Å². The lowest BCUT2D eigenvalue weighted by Crippen LogP contribution is -1.81. The number of nitrogens with one attached hydrogen (secondary N) is 1. The van der Waals surface area contributed by atoms with Crippen molar-refractivity contribution in [1.29, 1.82) is 0 Å². The molecule has 0 aliphatic carbocycles. The van der Waals surface area contributed by atoms with Crippen LogP contribution in [-0.2, 0) is 0 Å². The van der Waals surface area contributed by atoms with Gasteiger partial charge >= 0.3 is 0 Å². The first-order valence-electron chi connectivity index (χ1n) is 8.65. The Morgan fingerprint density at radius 1 is 0.692 bits per heavy atom. The number of H-pyrrole nitrogens is 1. The van der Waals surface area contributed by atoms with E-state index in [4.69, 9.17) is 0 Å². The second kappa shape index (κ2) is 5.16. The zero-order chi connectivity index (χ0) is 17.1. The maximum Gasteiger partial charge on any atom is 0.0702 e. The molecule has 3 aromatic carbocycles. The van der Waals surface area contributed by atoms with E-state index < -0.39 is 0 Å². The number of pyridine rings is 1. The van der Waals surface area contributed by atoms with Gasteiger partial charge in [0.15, 0.2) is 0 Å². The van der Waals surface area contributed by atoms with Gasteiger partial charge in [0.1, 0.15) is 0 Å². The second-order valence-corrected chi connectivity index (χ2v) is 7.64. The molecule has 6 aromatic rings. The van der Waals surface area contributed by atoms with Crippen molar-refractivity contribution in [2.75, 3.05) is 0 Å². The first-order chi connectivity index (χ1) is 12.9. The second-order valence-electron chi connectivity index (χ2n) is 6.56. The Balaban J connectivity index is 1.73. The average Bonchev–Trinajstić information content (AvgIpc) is 3.25. The van der Waals surface area contributed by atoms with E-state index >= 15 is 0 Å². The molecule has 0 fully saturated rings. The minimum atomic E-state index is 0.999. The van der Waals surface area contributed by atoms with Crippen LogP contribution < -0.4 is 0 Å². The highest BCUT2D eigenvalue weighted by molar-refractivity contribution is 7.26. The van der Waals surface area contributed by atoms with Gasteiger partial charge < -0.3 is 4.98 Å². The molecule has 6 rings (SSSR count). The Morgan fingerprint density at radius 2 is 1.62 bits per heavy atom. The van der Waals surface area contributed by atoms with Crippen molar-refractivity contribution in [2.45, 2.75) is 0 Å². The monoisotopic (exact) mass is 350 g/mol. The fraction of sp³-hybridized carbons (Fsp3) is 0. The van der Waals surface area contributed by atoms with E-state index in [9.17, 15) is 0 Å². The summed E-state index contributed by atoms with van der Waals surface area (Å²) in [6, 6.07) is 25.7. The predicted octanol–water partition coefficient (Wildman–Crippen LogP) is 6.75. The Kier molecular flexibility index (Phi) is 2.79. The molecule has 0 bridgehead atoms. The molecule has 0 aliphatic rings. The molecule has 0 saturated heterocycles. The maximum atomic E-state index is 4.48. The fourth-order valence-corrected chi connectivity index (χ4v) is 5.02. The summed E-state index contributed by atoms with van der Waals surface area (Å²) in [4.78, 5) is 8.09. The lowest BCUT2D eigenvalue weighted by Gasteiger charge is -2.01. The molecule has 0 unspecified atom stereocenters. The van der Waals surface area contributed by atoms with Gasteiger partial charge in [-0.1, -0.05) is 36.4 Å². The van der Waals surface area contributed by atoms with Crippen LogP contribution in [0.15, 0.2) is 79.0 Å². The Labute approximate surface area is 153 Å². The molecular weight excluding hydrogens is 336 g/mol. The quantitative estimate of drug-likeness (QED) is 0.349. The molecule has 122 valence electrons. The molecule has 0 aliphatic heterocycles. The highest BCUT2D eigenvalue weighted by atomic mass is 32.1. The Hall–Kier alpha value is -3.17. The summed E-state index contributed by atoms with van der Waals surface area (Å²) in [5, 5.41) is 5.30. The summed E-state index contributed by atoms with van der Waals surface area (Å²) in [7, 11) is 0. The maximum absolute atomic E-state index is 4.48. The van der Waals surface area contributed by atoms with Crippen LogP contribution in [-0.4, -0.2) is 9.97 Å². The third-order valence-corrected chi connectivity index (χ3v) is 6.20. The van der Waals surface area contributed by atoms with Gasteiger partial charge in [-0.3, -0.25) is 4.98 Å². The van der Waals surface area contributed by atoms with Crippen molar-refractivity contribution in [2.24, 2.45) is 0 Å². The Morgan fingerprint density at radius 3 is 2.54 bits per heavy atom. The van der Waals surface area contributed by atoms with Crippen LogP contribution in [0.4, 0.5) is 0 Å². The number of nitrogens with zero attached hydrogens (tertiary/aromatic N) is 1. The molecule has 0 saturated carbocycles. The first-order valence-corrected chi connectivity index (χ1v) is 9.47. The summed E-state index contributed by atoms with van der Waals surface area (Å²) in [5.74, 6) is 0. The summed E-state index contributed by atoms with van der Waals surface area (Å²) < 4.78 is 2.68. The zero-order valence-corrected chi connectivity index (χ0v) is 14.7. The third kappa shape index (κ3) is 1.89. The van der Waals surface area contributed by atoms with Gasteiger partial charge in [0.25, 0.3) is 0 Å². The molecule has 2 nitrogen and oxygen atoms in total. The molecule has 1 N–H and O–H groups in total. The molecule has 3 heterocycles. The number of rotatable bonds is 1. The van der Waals surface area contributed by atoms with Gasteiger partial charge in [0, 0.05) is 53.7 Å². The van der Waals surface area contributed by atoms with Crippen LogP contribution in [0.2, 0.25) is 0 Å². The number of aromatic amines is 1. The van der Waals surface area contributed by atoms with E-state index in [0.29, 0.717) is 0 Å². The fourth-order valence-electron chi connectivity index (χ4n) is 3.90. The molecule has 0 spiro atoms. The minimum absolute atomic E-state index is 0.999. The molecule has 0 radical (unpaired) electrons. The van der Waals surface area contributed by atoms with E-state index in [-0.39, 0.29) is 0 Å². The molecule has 3 aromatic heterocycles. The van der Waals surface area contributed by atoms with Crippen molar-refractivity contribution in [3.05, 3.63) is 79.0 Å². The lowest BCUT2D eigenvalue weighted by molar-refractivity contribution is 1.33. The number of hydrogen-bond donors (Lipinski definition) is 1. The highest BCUT2D eigenvalue weighted by Gasteiger charge is 2.13. The van der Waals surface area contributed by atoms with Gasteiger partial charge in [-0.15, -0.1) is 11.3 Å². The smallest absolute Gasteiger partial charge is 0.0702 e. The van der Waals surface area contributed by atoms with E-state index in [1.165, 1.54) is 36.5 Å². The normalized spacial score (nSPS) is 11.8. The highest BCUT2D eigenvalue weighted by Crippen LogP contribution is 2.41. The van der Waals surface area contributed by atoms with Crippen LogP contribution in [0.25, 0.3) is 53.2 Å². The van der Waals surface area contributed by atoms with Gasteiger partial charge in [0.2, 0.25) is 0 Å². The minimum Gasteiger partial charge on any atom is -0.354 e. The van der Waals surface area contributed by atoms with Crippen LogP contribution in [0.1, 0.15) is 0 Å². The molecule has 3 heteroatoms. The molecule has 0 atom stereocenters.